The molecule has 3 heterocycles. The molecule has 1 aliphatic carbocycles. The third kappa shape index (κ3) is 3.84. The second-order valence-corrected chi connectivity index (χ2v) is 11.7. The molecule has 3 aromatic heterocycles. The maximum Gasteiger partial charge on any atom is 0.235 e. The Morgan fingerprint density at radius 3 is 1.73 bits per heavy atom. The number of fused-ring (bicyclic) bond motifs is 7. The highest BCUT2D eigenvalue weighted by Gasteiger charge is 2.26. The Hall–Kier alpha value is -5.48. The topological polar surface area (TPSA) is 35.6 Å². The molecular formula is C40H30N4. The Balaban J connectivity index is 1.39. The second kappa shape index (κ2) is 10.1. The molecule has 0 saturated heterocycles. The highest BCUT2D eigenvalue weighted by molar-refractivity contribution is 6.22. The number of hydrogen-bond acceptors (Lipinski definition) is 2. The van der Waals surface area contributed by atoms with Gasteiger partial charge in [0.2, 0.25) is 5.95 Å². The van der Waals surface area contributed by atoms with Gasteiger partial charge >= 0.3 is 0 Å². The van der Waals surface area contributed by atoms with Gasteiger partial charge in [0.25, 0.3) is 0 Å². The van der Waals surface area contributed by atoms with Gasteiger partial charge in [-0.1, -0.05) is 97.1 Å². The lowest BCUT2D eigenvalue weighted by Gasteiger charge is -2.16. The smallest absolute Gasteiger partial charge is 0.235 e. The summed E-state index contributed by atoms with van der Waals surface area (Å²) in [6, 6.07) is 47.2. The zero-order valence-corrected chi connectivity index (χ0v) is 24.3. The number of para-hydroxylation sites is 2. The number of nitrogens with zero attached hydrogens (tertiary/aromatic N) is 4. The Morgan fingerprint density at radius 2 is 1.05 bits per heavy atom. The molecule has 0 N–H and O–H groups in total. The summed E-state index contributed by atoms with van der Waals surface area (Å²) in [6.07, 6.45) is 4.44. The van der Waals surface area contributed by atoms with Crippen LogP contribution in [-0.4, -0.2) is 19.1 Å². The first-order chi connectivity index (χ1) is 21.8. The van der Waals surface area contributed by atoms with E-state index in [1.54, 1.807) is 0 Å². The molecule has 1 aliphatic rings. The van der Waals surface area contributed by atoms with E-state index in [-0.39, 0.29) is 0 Å². The fourth-order valence-electron chi connectivity index (χ4n) is 7.22. The fourth-order valence-corrected chi connectivity index (χ4v) is 7.22. The van der Waals surface area contributed by atoms with Gasteiger partial charge in [-0.05, 0) is 67.6 Å². The van der Waals surface area contributed by atoms with Crippen molar-refractivity contribution < 1.29 is 0 Å². The van der Waals surface area contributed by atoms with Crippen LogP contribution >= 0.6 is 0 Å². The Labute approximate surface area is 255 Å². The van der Waals surface area contributed by atoms with E-state index in [1.165, 1.54) is 62.5 Å². The lowest BCUT2D eigenvalue weighted by molar-refractivity contribution is 0.662. The molecule has 0 spiro atoms. The summed E-state index contributed by atoms with van der Waals surface area (Å²) in [5.41, 5.74) is 11.7. The summed E-state index contributed by atoms with van der Waals surface area (Å²) in [7, 11) is 0. The van der Waals surface area contributed by atoms with E-state index < -0.39 is 0 Å². The van der Waals surface area contributed by atoms with Gasteiger partial charge in [-0.2, -0.15) is 0 Å². The van der Waals surface area contributed by atoms with Gasteiger partial charge in [0.15, 0.2) is 0 Å². The predicted octanol–water partition coefficient (Wildman–Crippen LogP) is 9.73. The van der Waals surface area contributed by atoms with E-state index in [0.29, 0.717) is 0 Å². The van der Waals surface area contributed by atoms with Gasteiger partial charge in [-0.25, -0.2) is 9.97 Å². The number of aromatic nitrogens is 4. The van der Waals surface area contributed by atoms with Gasteiger partial charge in [0.05, 0.1) is 27.9 Å². The first-order valence-electron chi connectivity index (χ1n) is 15.5. The average molecular weight is 567 g/mol. The number of aryl methyl sites for hydroxylation is 1. The molecule has 8 aromatic rings. The van der Waals surface area contributed by atoms with Crippen LogP contribution in [0.5, 0.6) is 0 Å². The van der Waals surface area contributed by atoms with Crippen molar-refractivity contribution in [3.05, 3.63) is 145 Å². The van der Waals surface area contributed by atoms with Crippen LogP contribution in [0, 0.1) is 0 Å². The maximum atomic E-state index is 5.27. The van der Waals surface area contributed by atoms with E-state index in [2.05, 4.69) is 143 Å². The summed E-state index contributed by atoms with van der Waals surface area (Å²) >= 11 is 0. The first-order valence-corrected chi connectivity index (χ1v) is 15.5. The average Bonchev–Trinajstić information content (AvgIpc) is 3.62. The van der Waals surface area contributed by atoms with E-state index in [9.17, 15) is 0 Å². The van der Waals surface area contributed by atoms with Crippen LogP contribution in [-0.2, 0) is 12.8 Å². The monoisotopic (exact) mass is 566 g/mol. The lowest BCUT2D eigenvalue weighted by Crippen LogP contribution is -2.10. The molecule has 0 radical (unpaired) electrons. The highest BCUT2D eigenvalue weighted by Crippen LogP contribution is 2.43. The van der Waals surface area contributed by atoms with Gasteiger partial charge in [0, 0.05) is 38.7 Å². The van der Waals surface area contributed by atoms with Crippen molar-refractivity contribution in [3.63, 3.8) is 0 Å². The molecule has 44 heavy (non-hydrogen) atoms. The molecule has 0 aliphatic heterocycles. The molecule has 5 aromatic carbocycles. The van der Waals surface area contributed by atoms with Crippen LogP contribution in [0.15, 0.2) is 133 Å². The van der Waals surface area contributed by atoms with Crippen molar-refractivity contribution >= 4 is 32.7 Å². The van der Waals surface area contributed by atoms with Crippen LogP contribution < -0.4 is 0 Å². The number of rotatable bonds is 4. The molecule has 0 fully saturated rings. The lowest BCUT2D eigenvalue weighted by atomic mass is 9.94. The SMILES string of the molecule is c1ccc(-c2cc(-c3ccccc3)nc(-n3c4c(c5c6c7ccccc7n(-c7ccccc7)c6ccc53)CCCC4)n2)cc1. The molecule has 0 bridgehead atoms. The molecular weight excluding hydrogens is 536 g/mol. The number of hydrogen-bond donors (Lipinski definition) is 0. The normalized spacial score (nSPS) is 13.1. The first kappa shape index (κ1) is 25.1. The van der Waals surface area contributed by atoms with Crippen molar-refractivity contribution in [3.8, 4) is 34.2 Å². The summed E-state index contributed by atoms with van der Waals surface area (Å²) in [5.74, 6) is 0.740. The van der Waals surface area contributed by atoms with Crippen molar-refractivity contribution in [1.29, 1.82) is 0 Å². The molecule has 0 amide bonds. The minimum atomic E-state index is 0.740. The van der Waals surface area contributed by atoms with Crippen molar-refractivity contribution in [1.82, 2.24) is 19.1 Å². The van der Waals surface area contributed by atoms with E-state index in [0.717, 1.165) is 41.3 Å². The van der Waals surface area contributed by atoms with Gasteiger partial charge in [-0.3, -0.25) is 4.57 Å². The maximum absolute atomic E-state index is 5.27. The Kier molecular flexibility index (Phi) is 5.73. The minimum absolute atomic E-state index is 0.740. The van der Waals surface area contributed by atoms with Crippen LogP contribution in [0.4, 0.5) is 0 Å². The summed E-state index contributed by atoms with van der Waals surface area (Å²) in [6.45, 7) is 0. The van der Waals surface area contributed by atoms with Crippen molar-refractivity contribution in [2.45, 2.75) is 25.7 Å². The highest BCUT2D eigenvalue weighted by atomic mass is 15.2. The van der Waals surface area contributed by atoms with Crippen LogP contribution in [0.1, 0.15) is 24.1 Å². The Morgan fingerprint density at radius 1 is 0.477 bits per heavy atom. The molecule has 210 valence electrons. The third-order valence-electron chi connectivity index (χ3n) is 9.14. The number of benzene rings is 5. The zero-order chi connectivity index (χ0) is 29.0. The standard InChI is InChI=1S/C40H30N4/c1-4-14-27(15-5-1)32-26-33(28-16-6-2-7-17-28)42-40(41-32)44-35-23-13-11-21-31(35)39-37(44)25-24-36-38(39)30-20-10-12-22-34(30)43(36)29-18-8-3-9-19-29/h1-10,12,14-20,22,24-26H,11,13,21,23H2. The second-order valence-electron chi connectivity index (χ2n) is 11.7. The van der Waals surface area contributed by atoms with E-state index in [4.69, 9.17) is 9.97 Å². The molecule has 0 atom stereocenters. The molecule has 9 rings (SSSR count). The summed E-state index contributed by atoms with van der Waals surface area (Å²) < 4.78 is 4.79. The van der Waals surface area contributed by atoms with Gasteiger partial charge < -0.3 is 4.57 Å². The van der Waals surface area contributed by atoms with Crippen molar-refractivity contribution in [2.75, 3.05) is 0 Å². The van der Waals surface area contributed by atoms with Crippen molar-refractivity contribution in [2.24, 2.45) is 0 Å². The minimum Gasteiger partial charge on any atom is -0.309 e. The third-order valence-corrected chi connectivity index (χ3v) is 9.14. The molecule has 4 heteroatoms. The zero-order valence-electron chi connectivity index (χ0n) is 24.3. The van der Waals surface area contributed by atoms with Crippen LogP contribution in [0.3, 0.4) is 0 Å². The summed E-state index contributed by atoms with van der Waals surface area (Å²) in [5, 5.41) is 3.95. The molecule has 0 saturated carbocycles. The van der Waals surface area contributed by atoms with E-state index >= 15 is 0 Å². The predicted molar refractivity (Wildman–Crippen MR) is 181 cm³/mol. The Bertz CT molecular complexity index is 2260. The van der Waals surface area contributed by atoms with E-state index in [1.807, 2.05) is 0 Å². The van der Waals surface area contributed by atoms with Crippen LogP contribution in [0.2, 0.25) is 0 Å². The fraction of sp³-hybridized carbons (Fsp3) is 0.100. The van der Waals surface area contributed by atoms with Gasteiger partial charge in [-0.15, -0.1) is 0 Å². The van der Waals surface area contributed by atoms with Crippen LogP contribution in [0.25, 0.3) is 66.9 Å². The molecule has 0 unspecified atom stereocenters. The quantitative estimate of drug-likeness (QED) is 0.213. The summed E-state index contributed by atoms with van der Waals surface area (Å²) in [4.78, 5) is 10.5. The molecule has 4 nitrogen and oxygen atoms in total. The van der Waals surface area contributed by atoms with Gasteiger partial charge in [0.1, 0.15) is 0 Å². The largest absolute Gasteiger partial charge is 0.309 e.